The van der Waals surface area contributed by atoms with Crippen LogP contribution in [0.2, 0.25) is 0 Å². The minimum atomic E-state index is -0.183. The number of hydrogen-bond donors (Lipinski definition) is 0. The van der Waals surface area contributed by atoms with Gasteiger partial charge in [0.1, 0.15) is 0 Å². The van der Waals surface area contributed by atoms with E-state index in [1.807, 2.05) is 0 Å². The molecule has 0 aromatic heterocycles. The Kier molecular flexibility index (Phi) is 8.38. The van der Waals surface area contributed by atoms with E-state index in [1.165, 1.54) is 62.5 Å². The zero-order chi connectivity index (χ0) is 18.9. The van der Waals surface area contributed by atoms with Crippen molar-refractivity contribution in [1.29, 1.82) is 0 Å². The summed E-state index contributed by atoms with van der Waals surface area (Å²) in [6, 6.07) is 9.10. The first kappa shape index (κ1) is 20.6. The highest BCUT2D eigenvalue weighted by molar-refractivity contribution is 5.25. The molecule has 1 nitrogen and oxygen atoms in total. The fraction of sp³-hybridized carbons (Fsp3) is 0.680. The van der Waals surface area contributed by atoms with E-state index in [2.05, 4.69) is 36.4 Å². The van der Waals surface area contributed by atoms with Gasteiger partial charge < -0.3 is 4.74 Å². The van der Waals surface area contributed by atoms with E-state index in [0.29, 0.717) is 13.0 Å². The maximum Gasteiger partial charge on any atom is 0.0897 e. The summed E-state index contributed by atoms with van der Waals surface area (Å²) in [5.74, 6) is 3.41. The number of hydrogen-bond acceptors (Lipinski definition) is 1. The van der Waals surface area contributed by atoms with Crippen LogP contribution in [0.4, 0.5) is 4.39 Å². The highest BCUT2D eigenvalue weighted by Gasteiger charge is 2.30. The van der Waals surface area contributed by atoms with Gasteiger partial charge in [-0.15, -0.1) is 0 Å². The van der Waals surface area contributed by atoms with Gasteiger partial charge in [-0.1, -0.05) is 36.4 Å². The summed E-state index contributed by atoms with van der Waals surface area (Å²) in [4.78, 5) is 0. The van der Waals surface area contributed by atoms with Gasteiger partial charge >= 0.3 is 0 Å². The highest BCUT2D eigenvalue weighted by atomic mass is 19.1. The summed E-state index contributed by atoms with van der Waals surface area (Å²) in [6.45, 7) is 0.526. The summed E-state index contributed by atoms with van der Waals surface area (Å²) >= 11 is 0. The lowest BCUT2D eigenvalue weighted by atomic mass is 9.68. The Morgan fingerprint density at radius 3 is 2.15 bits per heavy atom. The summed E-state index contributed by atoms with van der Waals surface area (Å²) in [6.07, 6.45) is 17.2. The molecule has 0 aliphatic heterocycles. The smallest absolute Gasteiger partial charge is 0.0897 e. The van der Waals surface area contributed by atoms with E-state index < -0.39 is 0 Å². The Hall–Kier alpha value is -1.15. The predicted molar refractivity (Wildman–Crippen MR) is 112 cm³/mol. The molecule has 2 fully saturated rings. The van der Waals surface area contributed by atoms with Crippen LogP contribution in [0, 0.1) is 17.8 Å². The maximum atomic E-state index is 12.2. The van der Waals surface area contributed by atoms with Crippen molar-refractivity contribution in [2.24, 2.45) is 17.8 Å². The van der Waals surface area contributed by atoms with Crippen molar-refractivity contribution < 1.29 is 9.13 Å². The first-order chi connectivity index (χ1) is 13.3. The number of ether oxygens (including phenoxy) is 1. The number of benzene rings is 1. The highest BCUT2D eigenvalue weighted by Crippen LogP contribution is 2.44. The zero-order valence-electron chi connectivity index (χ0n) is 17.0. The molecule has 2 saturated carbocycles. The van der Waals surface area contributed by atoms with E-state index in [1.54, 1.807) is 7.11 Å². The van der Waals surface area contributed by atoms with E-state index in [-0.39, 0.29) is 6.67 Å². The Morgan fingerprint density at radius 1 is 0.926 bits per heavy atom. The van der Waals surface area contributed by atoms with Crippen LogP contribution in [-0.4, -0.2) is 13.8 Å². The quantitative estimate of drug-likeness (QED) is 0.346. The van der Waals surface area contributed by atoms with Gasteiger partial charge in [0, 0.05) is 7.11 Å². The Labute approximate surface area is 165 Å². The van der Waals surface area contributed by atoms with Crippen molar-refractivity contribution in [1.82, 2.24) is 0 Å². The van der Waals surface area contributed by atoms with Crippen LogP contribution >= 0.6 is 0 Å². The Morgan fingerprint density at radius 2 is 1.56 bits per heavy atom. The summed E-state index contributed by atoms with van der Waals surface area (Å²) in [5, 5.41) is 0. The molecule has 0 heterocycles. The second kappa shape index (κ2) is 11.0. The molecule has 0 bridgehead atoms. The molecule has 2 aliphatic carbocycles. The molecule has 0 radical (unpaired) electrons. The average Bonchev–Trinajstić information content (AvgIpc) is 2.73. The van der Waals surface area contributed by atoms with Gasteiger partial charge in [0.25, 0.3) is 0 Å². The predicted octanol–water partition coefficient (Wildman–Crippen LogP) is 7.22. The molecular weight excluding hydrogens is 335 g/mol. The van der Waals surface area contributed by atoms with Gasteiger partial charge in [0.05, 0.1) is 13.3 Å². The lowest BCUT2D eigenvalue weighted by molar-refractivity contribution is 0.171. The molecule has 3 rings (SSSR count). The molecule has 2 aliphatic rings. The zero-order valence-corrected chi connectivity index (χ0v) is 17.0. The van der Waals surface area contributed by atoms with Gasteiger partial charge in [-0.25, -0.2) is 0 Å². The van der Waals surface area contributed by atoms with Crippen LogP contribution in [0.25, 0.3) is 0 Å². The molecule has 1 aromatic carbocycles. The molecule has 0 amide bonds. The first-order valence-corrected chi connectivity index (χ1v) is 11.1. The van der Waals surface area contributed by atoms with Crippen molar-refractivity contribution in [3.8, 4) is 0 Å². The van der Waals surface area contributed by atoms with E-state index >= 15 is 0 Å². The van der Waals surface area contributed by atoms with Gasteiger partial charge in [-0.2, -0.15) is 0 Å². The maximum absolute atomic E-state index is 12.2. The summed E-state index contributed by atoms with van der Waals surface area (Å²) in [5.41, 5.74) is 2.79. The van der Waals surface area contributed by atoms with Crippen LogP contribution in [-0.2, 0) is 11.3 Å². The largest absolute Gasteiger partial charge is 0.380 e. The fourth-order valence-corrected chi connectivity index (χ4v) is 5.27. The minimum absolute atomic E-state index is 0.183. The lowest BCUT2D eigenvalue weighted by Crippen LogP contribution is -2.25. The average molecular weight is 373 g/mol. The second-order valence-electron chi connectivity index (χ2n) is 8.72. The third kappa shape index (κ3) is 6.17. The van der Waals surface area contributed by atoms with Gasteiger partial charge in [-0.05, 0) is 99.0 Å². The Bertz CT molecular complexity index is 548. The monoisotopic (exact) mass is 372 g/mol. The normalized spacial score (nSPS) is 29.3. The molecule has 1 aromatic rings. The van der Waals surface area contributed by atoms with Crippen molar-refractivity contribution in [2.45, 2.75) is 76.7 Å². The fourth-order valence-electron chi connectivity index (χ4n) is 5.27. The number of methoxy groups -OCH3 is 1. The van der Waals surface area contributed by atoms with Crippen molar-refractivity contribution in [3.05, 3.63) is 47.5 Å². The molecule has 27 heavy (non-hydrogen) atoms. The lowest BCUT2D eigenvalue weighted by Gasteiger charge is -2.37. The molecule has 0 spiro atoms. The third-order valence-electron chi connectivity index (χ3n) is 6.93. The number of halogens is 1. The molecule has 150 valence electrons. The van der Waals surface area contributed by atoms with Gasteiger partial charge in [-0.3, -0.25) is 4.39 Å². The van der Waals surface area contributed by atoms with Crippen molar-refractivity contribution >= 4 is 0 Å². The van der Waals surface area contributed by atoms with Crippen LogP contribution in [0.15, 0.2) is 36.4 Å². The van der Waals surface area contributed by atoms with Crippen LogP contribution < -0.4 is 0 Å². The molecule has 2 heteroatoms. The van der Waals surface area contributed by atoms with E-state index in [9.17, 15) is 4.39 Å². The number of rotatable bonds is 8. The molecule has 0 saturated heterocycles. The number of unbranched alkanes of at least 4 members (excludes halogenated alkanes) is 1. The van der Waals surface area contributed by atoms with Crippen molar-refractivity contribution in [2.75, 3.05) is 13.8 Å². The van der Waals surface area contributed by atoms with E-state index in [0.717, 1.165) is 30.1 Å². The Balaban J connectivity index is 1.40. The second-order valence-corrected chi connectivity index (χ2v) is 8.72. The number of alkyl halides is 1. The topological polar surface area (TPSA) is 9.23 Å². The van der Waals surface area contributed by atoms with E-state index in [4.69, 9.17) is 4.74 Å². The van der Waals surface area contributed by atoms with Gasteiger partial charge in [0.2, 0.25) is 0 Å². The molecular formula is C25H37FO. The summed E-state index contributed by atoms with van der Waals surface area (Å²) in [7, 11) is 1.76. The summed E-state index contributed by atoms with van der Waals surface area (Å²) < 4.78 is 17.4. The standard InChI is InChI=1S/C25H37FO/c1-27-19-21-8-12-23(13-9-21)25-16-14-24(15-17-25)22-10-6-20(7-11-22)5-3-2-4-18-26/h3,5,8-9,12-13,20,22,24-25H,2,4,6-7,10-11,14-19H2,1H3. The third-order valence-corrected chi connectivity index (χ3v) is 6.93. The van der Waals surface area contributed by atoms with Crippen LogP contribution in [0.1, 0.15) is 81.3 Å². The first-order valence-electron chi connectivity index (χ1n) is 11.1. The van der Waals surface area contributed by atoms with Crippen LogP contribution in [0.5, 0.6) is 0 Å². The number of allylic oxidation sites excluding steroid dienone is 2. The molecule has 0 atom stereocenters. The van der Waals surface area contributed by atoms with Crippen molar-refractivity contribution in [3.63, 3.8) is 0 Å². The SMILES string of the molecule is COCc1ccc(C2CCC(C3CCC(C=CCCCF)CC3)CC2)cc1. The molecule has 0 N–H and O–H groups in total. The molecule has 0 unspecified atom stereocenters. The minimum Gasteiger partial charge on any atom is -0.380 e. The van der Waals surface area contributed by atoms with Crippen LogP contribution in [0.3, 0.4) is 0 Å². The van der Waals surface area contributed by atoms with Gasteiger partial charge in [0.15, 0.2) is 0 Å².